The van der Waals surface area contributed by atoms with E-state index in [1.807, 2.05) is 62.5 Å². The first-order valence-corrected chi connectivity index (χ1v) is 8.13. The number of aryl methyl sites for hydroxylation is 1. The van der Waals surface area contributed by atoms with Crippen LogP contribution in [-0.4, -0.2) is 33.6 Å². The Labute approximate surface area is 141 Å². The minimum Gasteiger partial charge on any atom is -0.368 e. The molecule has 0 saturated carbocycles. The summed E-state index contributed by atoms with van der Waals surface area (Å²) in [7, 11) is 0. The topological polar surface area (TPSA) is 71.3 Å². The molecule has 0 spiro atoms. The molecule has 0 fully saturated rings. The summed E-state index contributed by atoms with van der Waals surface area (Å²) in [6.45, 7) is 8.83. The van der Waals surface area contributed by atoms with Crippen molar-refractivity contribution in [2.75, 3.05) is 18.4 Å². The molecule has 1 amide bonds. The number of hydrogen-bond donors (Lipinski definition) is 2. The monoisotopic (exact) mass is 325 g/mol. The van der Waals surface area contributed by atoms with Crippen molar-refractivity contribution < 1.29 is 4.79 Å². The van der Waals surface area contributed by atoms with Crippen LogP contribution in [0.4, 0.5) is 5.82 Å². The Morgan fingerprint density at radius 1 is 1.21 bits per heavy atom. The Balaban J connectivity index is 1.80. The van der Waals surface area contributed by atoms with E-state index in [0.29, 0.717) is 13.1 Å². The first-order valence-electron chi connectivity index (χ1n) is 8.13. The van der Waals surface area contributed by atoms with Crippen molar-refractivity contribution in [3.8, 4) is 0 Å². The highest BCUT2D eigenvalue weighted by Crippen LogP contribution is 2.23. The molecule has 24 heavy (non-hydrogen) atoms. The van der Waals surface area contributed by atoms with Gasteiger partial charge in [0.25, 0.3) is 0 Å². The second-order valence-electron chi connectivity index (χ2n) is 6.97. The number of nitrogens with zero attached hydrogens (tertiary/aromatic N) is 3. The van der Waals surface area contributed by atoms with Gasteiger partial charge in [0.15, 0.2) is 5.65 Å². The molecule has 126 valence electrons. The Kier molecular flexibility index (Phi) is 4.13. The number of benzene rings is 1. The zero-order valence-corrected chi connectivity index (χ0v) is 14.6. The molecule has 0 radical (unpaired) electrons. The van der Waals surface area contributed by atoms with Gasteiger partial charge < -0.3 is 10.6 Å². The summed E-state index contributed by atoms with van der Waals surface area (Å²) in [5, 5.41) is 11.8. The lowest BCUT2D eigenvalue weighted by molar-refractivity contribution is -0.128. The molecule has 0 bridgehead atoms. The van der Waals surface area contributed by atoms with E-state index in [2.05, 4.69) is 20.7 Å². The van der Waals surface area contributed by atoms with E-state index in [4.69, 9.17) is 0 Å². The standard InChI is InChI=1S/C18H23N5O/c1-12-11-15-21-16(19-9-10-20-17(24)18(2,3)4)13-7-5-6-8-14(13)23(15)22-12/h5-8,11H,9-10H2,1-4H3,(H,19,21)(H,20,24). The van der Waals surface area contributed by atoms with Crippen LogP contribution in [-0.2, 0) is 4.79 Å². The Bertz CT molecular complexity index is 891. The molecule has 6 nitrogen and oxygen atoms in total. The number of aromatic nitrogens is 3. The maximum Gasteiger partial charge on any atom is 0.225 e. The predicted octanol–water partition coefficient (Wildman–Crippen LogP) is 2.77. The van der Waals surface area contributed by atoms with Gasteiger partial charge in [0.2, 0.25) is 5.91 Å². The molecule has 0 aliphatic carbocycles. The van der Waals surface area contributed by atoms with Gasteiger partial charge in [-0.2, -0.15) is 5.10 Å². The van der Waals surface area contributed by atoms with Gasteiger partial charge in [0.1, 0.15) is 5.82 Å². The Morgan fingerprint density at radius 2 is 1.96 bits per heavy atom. The highest BCUT2D eigenvalue weighted by molar-refractivity contribution is 5.91. The molecule has 0 unspecified atom stereocenters. The minimum atomic E-state index is -0.376. The molecule has 2 heterocycles. The maximum absolute atomic E-state index is 11.9. The fourth-order valence-electron chi connectivity index (χ4n) is 2.53. The molecule has 3 rings (SSSR count). The van der Waals surface area contributed by atoms with Crippen LogP contribution in [0.5, 0.6) is 0 Å². The summed E-state index contributed by atoms with van der Waals surface area (Å²) < 4.78 is 1.86. The van der Waals surface area contributed by atoms with Crippen molar-refractivity contribution in [1.29, 1.82) is 0 Å². The molecular formula is C18H23N5O. The third kappa shape index (κ3) is 3.18. The largest absolute Gasteiger partial charge is 0.368 e. The smallest absolute Gasteiger partial charge is 0.225 e. The van der Waals surface area contributed by atoms with Crippen LogP contribution in [0.1, 0.15) is 26.5 Å². The summed E-state index contributed by atoms with van der Waals surface area (Å²) >= 11 is 0. The molecule has 1 aromatic carbocycles. The maximum atomic E-state index is 11.9. The van der Waals surface area contributed by atoms with Crippen molar-refractivity contribution >= 4 is 28.3 Å². The van der Waals surface area contributed by atoms with Gasteiger partial charge >= 0.3 is 0 Å². The SMILES string of the molecule is Cc1cc2nc(NCCNC(=O)C(C)(C)C)c3ccccc3n2n1. The summed E-state index contributed by atoms with van der Waals surface area (Å²) in [5.41, 5.74) is 2.38. The summed E-state index contributed by atoms with van der Waals surface area (Å²) in [5.74, 6) is 0.854. The van der Waals surface area contributed by atoms with Gasteiger partial charge in [0, 0.05) is 30.0 Å². The predicted molar refractivity (Wildman–Crippen MR) is 96.2 cm³/mol. The number of rotatable bonds is 4. The van der Waals surface area contributed by atoms with Crippen LogP contribution in [0.15, 0.2) is 30.3 Å². The van der Waals surface area contributed by atoms with Crippen LogP contribution in [0, 0.1) is 12.3 Å². The molecule has 0 aliphatic heterocycles. The van der Waals surface area contributed by atoms with Crippen LogP contribution in [0.2, 0.25) is 0 Å². The van der Waals surface area contributed by atoms with Crippen molar-refractivity contribution in [3.63, 3.8) is 0 Å². The quantitative estimate of drug-likeness (QED) is 0.724. The minimum absolute atomic E-state index is 0.0454. The summed E-state index contributed by atoms with van der Waals surface area (Å²) in [4.78, 5) is 16.6. The van der Waals surface area contributed by atoms with Crippen molar-refractivity contribution in [3.05, 3.63) is 36.0 Å². The third-order valence-corrected chi connectivity index (χ3v) is 3.81. The average Bonchev–Trinajstić information content (AvgIpc) is 2.90. The van der Waals surface area contributed by atoms with Crippen molar-refractivity contribution in [2.24, 2.45) is 5.41 Å². The third-order valence-electron chi connectivity index (χ3n) is 3.81. The highest BCUT2D eigenvalue weighted by atomic mass is 16.2. The van der Waals surface area contributed by atoms with Gasteiger partial charge in [-0.1, -0.05) is 32.9 Å². The zero-order valence-electron chi connectivity index (χ0n) is 14.6. The van der Waals surface area contributed by atoms with Crippen LogP contribution >= 0.6 is 0 Å². The fraction of sp³-hybridized carbons (Fsp3) is 0.389. The zero-order chi connectivity index (χ0) is 17.3. The second kappa shape index (κ2) is 6.11. The number of para-hydroxylation sites is 1. The van der Waals surface area contributed by atoms with Gasteiger partial charge in [-0.25, -0.2) is 9.50 Å². The number of nitrogens with one attached hydrogen (secondary N) is 2. The Morgan fingerprint density at radius 3 is 2.71 bits per heavy atom. The van der Waals surface area contributed by atoms with Crippen LogP contribution in [0.25, 0.3) is 16.6 Å². The number of fused-ring (bicyclic) bond motifs is 3. The van der Waals surface area contributed by atoms with Gasteiger partial charge in [-0.15, -0.1) is 0 Å². The molecule has 0 aliphatic rings. The van der Waals surface area contributed by atoms with Gasteiger partial charge in [-0.3, -0.25) is 4.79 Å². The van der Waals surface area contributed by atoms with Crippen LogP contribution in [0.3, 0.4) is 0 Å². The lowest BCUT2D eigenvalue weighted by atomic mass is 9.96. The van der Waals surface area contributed by atoms with E-state index in [-0.39, 0.29) is 11.3 Å². The van der Waals surface area contributed by atoms with Crippen molar-refractivity contribution in [1.82, 2.24) is 19.9 Å². The van der Waals surface area contributed by atoms with E-state index in [0.717, 1.165) is 28.1 Å². The van der Waals surface area contributed by atoms with E-state index in [1.54, 1.807) is 0 Å². The number of anilines is 1. The number of carbonyl (C=O) groups is 1. The van der Waals surface area contributed by atoms with E-state index < -0.39 is 0 Å². The molecule has 2 N–H and O–H groups in total. The van der Waals surface area contributed by atoms with E-state index in [1.165, 1.54) is 0 Å². The van der Waals surface area contributed by atoms with E-state index in [9.17, 15) is 4.79 Å². The molecular weight excluding hydrogens is 302 g/mol. The Hall–Kier alpha value is -2.63. The first kappa shape index (κ1) is 16.2. The molecule has 2 aromatic heterocycles. The molecule has 0 atom stereocenters. The summed E-state index contributed by atoms with van der Waals surface area (Å²) in [6.07, 6.45) is 0. The molecule has 3 aromatic rings. The van der Waals surface area contributed by atoms with Crippen molar-refractivity contribution in [2.45, 2.75) is 27.7 Å². The average molecular weight is 325 g/mol. The number of hydrogen-bond acceptors (Lipinski definition) is 4. The fourth-order valence-corrected chi connectivity index (χ4v) is 2.53. The highest BCUT2D eigenvalue weighted by Gasteiger charge is 2.20. The lowest BCUT2D eigenvalue weighted by Gasteiger charge is -2.18. The second-order valence-corrected chi connectivity index (χ2v) is 6.97. The summed E-state index contributed by atoms with van der Waals surface area (Å²) in [6, 6.07) is 9.99. The van der Waals surface area contributed by atoms with E-state index >= 15 is 0 Å². The number of carbonyl (C=O) groups excluding carboxylic acids is 1. The van der Waals surface area contributed by atoms with Gasteiger partial charge in [0.05, 0.1) is 11.2 Å². The normalized spacial score (nSPS) is 11.8. The van der Waals surface area contributed by atoms with Crippen LogP contribution < -0.4 is 10.6 Å². The number of amides is 1. The molecule has 0 saturated heterocycles. The molecule has 6 heteroatoms. The first-order chi connectivity index (χ1) is 11.4. The van der Waals surface area contributed by atoms with Gasteiger partial charge in [-0.05, 0) is 19.1 Å². The lowest BCUT2D eigenvalue weighted by Crippen LogP contribution is -2.37.